The number of carbonyl (C=O) groups excluding carboxylic acids is 1. The number of likely N-dealkylation sites (tertiary alicyclic amines) is 1. The summed E-state index contributed by atoms with van der Waals surface area (Å²) >= 11 is 0. The van der Waals surface area contributed by atoms with E-state index in [0.29, 0.717) is 19.6 Å². The Hall–Kier alpha value is -0.780. The molecule has 3 nitrogen and oxygen atoms in total. The van der Waals surface area contributed by atoms with Gasteiger partial charge in [-0.15, -0.1) is 0 Å². The Balaban J connectivity index is 1.84. The fourth-order valence-corrected chi connectivity index (χ4v) is 2.41. The highest BCUT2D eigenvalue weighted by molar-refractivity contribution is 5.79. The number of nitrogens with zero attached hydrogens (tertiary/aromatic N) is 1. The van der Waals surface area contributed by atoms with Crippen molar-refractivity contribution < 1.29 is 22.7 Å². The van der Waals surface area contributed by atoms with Gasteiger partial charge in [0.2, 0.25) is 5.91 Å². The molecule has 0 aromatic heterocycles. The summed E-state index contributed by atoms with van der Waals surface area (Å²) in [6.45, 7) is 1.44. The summed E-state index contributed by atoms with van der Waals surface area (Å²) in [6.07, 6.45) is -3.37. The van der Waals surface area contributed by atoms with E-state index in [1.807, 2.05) is 0 Å². The van der Waals surface area contributed by atoms with Crippen LogP contribution in [0, 0.1) is 11.8 Å². The molecular weight excluding hydrogens is 235 g/mol. The van der Waals surface area contributed by atoms with Gasteiger partial charge in [0.25, 0.3) is 0 Å². The predicted molar refractivity (Wildman–Crippen MR) is 54.3 cm³/mol. The quantitative estimate of drug-likeness (QED) is 0.711. The molecule has 1 amide bonds. The number of ether oxygens (including phenoxy) is 1. The van der Waals surface area contributed by atoms with Crippen LogP contribution in [0.1, 0.15) is 19.3 Å². The van der Waals surface area contributed by atoms with E-state index in [4.69, 9.17) is 4.74 Å². The van der Waals surface area contributed by atoms with E-state index >= 15 is 0 Å². The molecule has 0 N–H and O–H groups in total. The number of halogens is 3. The van der Waals surface area contributed by atoms with Gasteiger partial charge in [0, 0.05) is 19.7 Å². The standard InChI is InChI=1S/C11H16F3NO2/c12-11(13,14)9-1-4-15(5-2-9)10(16)8-3-6-17-7-8/h8-9H,1-7H2/t8-/m1/s1. The smallest absolute Gasteiger partial charge is 0.381 e. The molecule has 2 heterocycles. The van der Waals surface area contributed by atoms with Crippen molar-refractivity contribution in [2.75, 3.05) is 26.3 Å². The van der Waals surface area contributed by atoms with Crippen molar-refractivity contribution in [1.82, 2.24) is 4.90 Å². The van der Waals surface area contributed by atoms with E-state index in [2.05, 4.69) is 0 Å². The first-order valence-electron chi connectivity index (χ1n) is 5.91. The lowest BCUT2D eigenvalue weighted by Gasteiger charge is -2.34. The molecule has 0 aromatic rings. The Morgan fingerprint density at radius 2 is 1.82 bits per heavy atom. The maximum Gasteiger partial charge on any atom is 0.391 e. The third-order valence-corrected chi connectivity index (χ3v) is 3.55. The third kappa shape index (κ3) is 2.91. The molecule has 0 aliphatic carbocycles. The van der Waals surface area contributed by atoms with Crippen molar-refractivity contribution in [3.05, 3.63) is 0 Å². The minimum Gasteiger partial charge on any atom is -0.381 e. The van der Waals surface area contributed by atoms with Crippen LogP contribution in [0.4, 0.5) is 13.2 Å². The third-order valence-electron chi connectivity index (χ3n) is 3.55. The van der Waals surface area contributed by atoms with Gasteiger partial charge in [-0.2, -0.15) is 13.2 Å². The lowest BCUT2D eigenvalue weighted by Crippen LogP contribution is -2.44. The van der Waals surface area contributed by atoms with Gasteiger partial charge < -0.3 is 9.64 Å². The van der Waals surface area contributed by atoms with Crippen molar-refractivity contribution >= 4 is 5.91 Å². The molecular formula is C11H16F3NO2. The summed E-state index contributed by atoms with van der Waals surface area (Å²) in [5.41, 5.74) is 0. The maximum absolute atomic E-state index is 12.4. The molecule has 0 unspecified atom stereocenters. The molecule has 2 aliphatic heterocycles. The van der Waals surface area contributed by atoms with Crippen LogP contribution in [-0.2, 0) is 9.53 Å². The average molecular weight is 251 g/mol. The van der Waals surface area contributed by atoms with Gasteiger partial charge in [-0.3, -0.25) is 4.79 Å². The van der Waals surface area contributed by atoms with E-state index in [0.717, 1.165) is 0 Å². The molecule has 0 aromatic carbocycles. The number of piperidine rings is 1. The molecule has 2 rings (SSSR count). The van der Waals surface area contributed by atoms with Gasteiger partial charge in [-0.1, -0.05) is 0 Å². The molecule has 2 aliphatic rings. The summed E-state index contributed by atoms with van der Waals surface area (Å²) in [6, 6.07) is 0. The van der Waals surface area contributed by atoms with Crippen molar-refractivity contribution in [3.63, 3.8) is 0 Å². The molecule has 2 saturated heterocycles. The van der Waals surface area contributed by atoms with Gasteiger partial charge in [0.05, 0.1) is 18.4 Å². The monoisotopic (exact) mass is 251 g/mol. The van der Waals surface area contributed by atoms with Crippen LogP contribution >= 0.6 is 0 Å². The Morgan fingerprint density at radius 3 is 2.29 bits per heavy atom. The van der Waals surface area contributed by atoms with Crippen LogP contribution in [0.25, 0.3) is 0 Å². The van der Waals surface area contributed by atoms with E-state index < -0.39 is 12.1 Å². The summed E-state index contributed by atoms with van der Waals surface area (Å²) in [5.74, 6) is -1.42. The van der Waals surface area contributed by atoms with E-state index in [9.17, 15) is 18.0 Å². The zero-order valence-electron chi connectivity index (χ0n) is 9.50. The molecule has 0 bridgehead atoms. The molecule has 2 fully saturated rings. The second-order valence-corrected chi connectivity index (χ2v) is 4.70. The Morgan fingerprint density at radius 1 is 1.18 bits per heavy atom. The van der Waals surface area contributed by atoms with Crippen LogP contribution in [0.15, 0.2) is 0 Å². The first-order valence-corrected chi connectivity index (χ1v) is 5.91. The second kappa shape index (κ2) is 4.84. The first-order chi connectivity index (χ1) is 7.98. The van der Waals surface area contributed by atoms with E-state index in [-0.39, 0.29) is 37.8 Å². The SMILES string of the molecule is O=C([C@@H]1CCOC1)N1CCC(C(F)(F)F)CC1. The van der Waals surface area contributed by atoms with E-state index in [1.165, 1.54) is 0 Å². The van der Waals surface area contributed by atoms with Crippen LogP contribution in [0.2, 0.25) is 0 Å². The highest BCUT2D eigenvalue weighted by Crippen LogP contribution is 2.34. The van der Waals surface area contributed by atoms with Crippen LogP contribution in [0.3, 0.4) is 0 Å². The zero-order valence-corrected chi connectivity index (χ0v) is 9.50. The van der Waals surface area contributed by atoms with Crippen molar-refractivity contribution in [2.24, 2.45) is 11.8 Å². The molecule has 98 valence electrons. The zero-order chi connectivity index (χ0) is 12.5. The fourth-order valence-electron chi connectivity index (χ4n) is 2.41. The molecule has 0 radical (unpaired) electrons. The molecule has 6 heteroatoms. The minimum absolute atomic E-state index is 0.0306. The summed E-state index contributed by atoms with van der Waals surface area (Å²) in [5, 5.41) is 0. The number of rotatable bonds is 1. The average Bonchev–Trinajstić information content (AvgIpc) is 2.80. The van der Waals surface area contributed by atoms with Gasteiger partial charge in [0.1, 0.15) is 0 Å². The number of hydrogen-bond acceptors (Lipinski definition) is 2. The van der Waals surface area contributed by atoms with Crippen molar-refractivity contribution in [3.8, 4) is 0 Å². The summed E-state index contributed by atoms with van der Waals surface area (Å²) in [7, 11) is 0. The molecule has 0 spiro atoms. The highest BCUT2D eigenvalue weighted by atomic mass is 19.4. The van der Waals surface area contributed by atoms with Crippen molar-refractivity contribution in [2.45, 2.75) is 25.4 Å². The van der Waals surface area contributed by atoms with Gasteiger partial charge >= 0.3 is 6.18 Å². The number of amides is 1. The number of hydrogen-bond donors (Lipinski definition) is 0. The summed E-state index contributed by atoms with van der Waals surface area (Å²) < 4.78 is 42.5. The van der Waals surface area contributed by atoms with E-state index in [1.54, 1.807) is 4.90 Å². The lowest BCUT2D eigenvalue weighted by atomic mass is 9.95. The maximum atomic E-state index is 12.4. The number of alkyl halides is 3. The lowest BCUT2D eigenvalue weighted by molar-refractivity contribution is -0.187. The van der Waals surface area contributed by atoms with Gasteiger partial charge in [-0.05, 0) is 19.3 Å². The van der Waals surface area contributed by atoms with Gasteiger partial charge in [0.15, 0.2) is 0 Å². The topological polar surface area (TPSA) is 29.5 Å². The second-order valence-electron chi connectivity index (χ2n) is 4.70. The highest BCUT2D eigenvalue weighted by Gasteiger charge is 2.42. The summed E-state index contributed by atoms with van der Waals surface area (Å²) in [4.78, 5) is 13.5. The Labute approximate surface area is 97.9 Å². The Bertz CT molecular complexity index is 279. The molecule has 0 saturated carbocycles. The van der Waals surface area contributed by atoms with Crippen LogP contribution in [0.5, 0.6) is 0 Å². The fraction of sp³-hybridized carbons (Fsp3) is 0.909. The predicted octanol–water partition coefficient (Wildman–Crippen LogP) is 1.82. The largest absolute Gasteiger partial charge is 0.391 e. The minimum atomic E-state index is -4.12. The molecule has 1 atom stereocenters. The molecule has 17 heavy (non-hydrogen) atoms. The normalized spacial score (nSPS) is 27.5. The first kappa shape index (κ1) is 12.7. The van der Waals surface area contributed by atoms with Crippen LogP contribution in [-0.4, -0.2) is 43.3 Å². The van der Waals surface area contributed by atoms with Gasteiger partial charge in [-0.25, -0.2) is 0 Å². The van der Waals surface area contributed by atoms with Crippen LogP contribution < -0.4 is 0 Å². The Kier molecular flexibility index (Phi) is 3.61. The van der Waals surface area contributed by atoms with Crippen molar-refractivity contribution in [1.29, 1.82) is 0 Å². The number of carbonyl (C=O) groups is 1.